The zero-order valence-electron chi connectivity index (χ0n) is 22.0. The molecule has 1 amide bonds. The molecule has 44 heavy (non-hydrogen) atoms. The number of nitrogens with one attached hydrogen (secondary N) is 3. The smallest absolute Gasteiger partial charge is 0.475 e. The molecule has 2 rings (SSSR count). The number of carboxylic acid groups (broad SMARTS) is 3. The highest BCUT2D eigenvalue weighted by molar-refractivity contribution is 7.99. The molecule has 0 spiro atoms. The van der Waals surface area contributed by atoms with Crippen LogP contribution in [-0.2, 0) is 31.4 Å². The minimum atomic E-state index is -5.08. The molecule has 0 aliphatic heterocycles. The molecule has 0 fully saturated rings. The highest BCUT2D eigenvalue weighted by Crippen LogP contribution is 2.14. The van der Waals surface area contributed by atoms with Crippen molar-refractivity contribution in [3.8, 4) is 0 Å². The number of carbonyl (C=O) groups excluding carboxylic acids is 1. The Labute approximate surface area is 244 Å². The van der Waals surface area contributed by atoms with E-state index in [2.05, 4.69) is 30.2 Å². The standard InChI is InChI=1S/C14H21N7OS.3C2HF3O2/c1-10-12(20-9-18-10)6-23-7-13(22)21-14(15)17-4-2-3-11-5-16-8-19-11;3*3-2(4,5)1(6)7/h5,8-9H,2-4,6-7H2,1H3,(H,16,19)(H,18,20)(H3,15,17,21,22);3*(H,6,7). The van der Waals surface area contributed by atoms with E-state index in [0.29, 0.717) is 18.1 Å². The number of halogens is 9. The van der Waals surface area contributed by atoms with Crippen LogP contribution in [0.25, 0.3) is 0 Å². The minimum absolute atomic E-state index is 0.155. The largest absolute Gasteiger partial charge is 0.490 e. The third-order valence-electron chi connectivity index (χ3n) is 3.84. The van der Waals surface area contributed by atoms with E-state index in [9.17, 15) is 44.3 Å². The first-order valence-electron chi connectivity index (χ1n) is 11.0. The van der Waals surface area contributed by atoms with E-state index in [0.717, 1.165) is 29.9 Å². The normalized spacial score (nSPS) is 11.5. The number of nitrogens with two attached hydrogens (primary N) is 1. The fourth-order valence-electron chi connectivity index (χ4n) is 1.88. The number of H-pyrrole nitrogens is 2. The second kappa shape index (κ2) is 19.6. The van der Waals surface area contributed by atoms with Gasteiger partial charge in [0.2, 0.25) is 5.91 Å². The third-order valence-corrected chi connectivity index (χ3v) is 4.79. The lowest BCUT2D eigenvalue weighted by Crippen LogP contribution is -2.38. The molecule has 0 bridgehead atoms. The lowest BCUT2D eigenvalue weighted by atomic mass is 10.2. The van der Waals surface area contributed by atoms with Gasteiger partial charge in [0.05, 0.1) is 24.1 Å². The summed E-state index contributed by atoms with van der Waals surface area (Å²) in [6.07, 6.45) is -8.47. The summed E-state index contributed by atoms with van der Waals surface area (Å²) in [7, 11) is 0. The Morgan fingerprint density at radius 3 is 1.75 bits per heavy atom. The van der Waals surface area contributed by atoms with Crippen LogP contribution in [0.2, 0.25) is 0 Å². The highest BCUT2D eigenvalue weighted by Gasteiger charge is 2.39. The quantitative estimate of drug-likeness (QED) is 0.0928. The maximum Gasteiger partial charge on any atom is 0.490 e. The number of carbonyl (C=O) groups is 4. The molecule has 2 aromatic rings. The molecule has 0 unspecified atom stereocenters. The summed E-state index contributed by atoms with van der Waals surface area (Å²) in [5, 5.41) is 24.0. The molecule has 2 heterocycles. The number of aliphatic imine (C=N–C) groups is 1. The van der Waals surface area contributed by atoms with Gasteiger partial charge in [-0.25, -0.2) is 24.4 Å². The fourth-order valence-corrected chi connectivity index (χ4v) is 2.73. The Morgan fingerprint density at radius 2 is 1.39 bits per heavy atom. The van der Waals surface area contributed by atoms with Gasteiger partial charge in [-0.05, 0) is 19.8 Å². The van der Waals surface area contributed by atoms with Crippen LogP contribution in [0.5, 0.6) is 0 Å². The number of imidazole rings is 2. The van der Waals surface area contributed by atoms with Crippen molar-refractivity contribution in [2.45, 2.75) is 44.0 Å². The van der Waals surface area contributed by atoms with E-state index < -0.39 is 36.4 Å². The van der Waals surface area contributed by atoms with E-state index in [-0.39, 0.29) is 11.9 Å². The first-order chi connectivity index (χ1) is 20.0. The summed E-state index contributed by atoms with van der Waals surface area (Å²) in [6.45, 7) is 2.52. The molecule has 0 radical (unpaired) electrons. The summed E-state index contributed by atoms with van der Waals surface area (Å²) >= 11 is 1.49. The molecule has 0 aromatic carbocycles. The minimum Gasteiger partial charge on any atom is -0.475 e. The number of amides is 1. The molecule has 0 aliphatic carbocycles. The topological polar surface area (TPSA) is 237 Å². The summed E-state index contributed by atoms with van der Waals surface area (Å²) in [5.74, 6) is -7.26. The van der Waals surface area contributed by atoms with Crippen LogP contribution >= 0.6 is 11.8 Å². The monoisotopic (exact) mass is 677 g/mol. The second-order valence-corrected chi connectivity index (χ2v) is 8.36. The van der Waals surface area contributed by atoms with Crippen molar-refractivity contribution >= 4 is 41.5 Å². The average molecular weight is 678 g/mol. The third kappa shape index (κ3) is 22.1. The number of hydrogen-bond donors (Lipinski definition) is 7. The Bertz CT molecular complexity index is 1140. The van der Waals surface area contributed by atoms with Gasteiger partial charge in [0.1, 0.15) is 0 Å². The zero-order chi connectivity index (χ0) is 34.7. The Morgan fingerprint density at radius 1 is 0.909 bits per heavy atom. The van der Waals surface area contributed by atoms with E-state index in [1.54, 1.807) is 18.9 Å². The van der Waals surface area contributed by atoms with Gasteiger partial charge in [-0.2, -0.15) is 39.5 Å². The van der Waals surface area contributed by atoms with Crippen LogP contribution in [0.15, 0.2) is 23.8 Å². The van der Waals surface area contributed by atoms with Crippen LogP contribution in [0, 0.1) is 6.92 Å². The SMILES string of the molecule is Cc1[nH]cnc1CSCC(=O)NC(N)=NCCCc1cnc[nH]1.O=C(O)C(F)(F)F.O=C(O)C(F)(F)F.O=C(O)C(F)(F)F. The van der Waals surface area contributed by atoms with Gasteiger partial charge in [-0.15, -0.1) is 11.8 Å². The number of thioether (sulfide) groups is 1. The van der Waals surface area contributed by atoms with Crippen molar-refractivity contribution < 1.29 is 74.0 Å². The maximum absolute atomic E-state index is 11.8. The molecule has 0 saturated carbocycles. The average Bonchev–Trinajstić information content (AvgIpc) is 3.53. The van der Waals surface area contributed by atoms with Gasteiger partial charge < -0.3 is 31.0 Å². The van der Waals surface area contributed by atoms with E-state index in [1.807, 2.05) is 6.92 Å². The van der Waals surface area contributed by atoms with E-state index in [1.165, 1.54) is 11.8 Å². The fraction of sp³-hybridized carbons (Fsp3) is 0.450. The zero-order valence-corrected chi connectivity index (χ0v) is 22.8. The molecule has 0 atom stereocenters. The van der Waals surface area contributed by atoms with Crippen molar-refractivity contribution in [2.75, 3.05) is 12.3 Å². The molecule has 14 nitrogen and oxygen atoms in total. The van der Waals surface area contributed by atoms with Gasteiger partial charge in [0.25, 0.3) is 0 Å². The van der Waals surface area contributed by atoms with Crippen molar-refractivity contribution in [2.24, 2.45) is 10.7 Å². The number of aromatic amines is 2. The van der Waals surface area contributed by atoms with Crippen LogP contribution in [0.1, 0.15) is 23.5 Å². The highest BCUT2D eigenvalue weighted by atomic mass is 32.2. The van der Waals surface area contributed by atoms with Gasteiger partial charge in [0.15, 0.2) is 5.96 Å². The number of aliphatic carboxylic acids is 3. The summed E-state index contributed by atoms with van der Waals surface area (Å²) in [5.41, 5.74) is 8.74. The molecule has 2 aromatic heterocycles. The second-order valence-electron chi connectivity index (χ2n) is 7.37. The Hall–Kier alpha value is -4.51. The predicted molar refractivity (Wildman–Crippen MR) is 132 cm³/mol. The van der Waals surface area contributed by atoms with Crippen LogP contribution in [-0.4, -0.2) is 95.9 Å². The first kappa shape index (κ1) is 41.6. The van der Waals surface area contributed by atoms with Gasteiger partial charge in [0, 0.05) is 29.9 Å². The maximum atomic E-state index is 11.8. The molecule has 0 saturated heterocycles. The molecule has 250 valence electrons. The molecule has 24 heteroatoms. The van der Waals surface area contributed by atoms with Gasteiger partial charge >= 0.3 is 36.4 Å². The number of aromatic nitrogens is 4. The number of alkyl halides is 9. The van der Waals surface area contributed by atoms with E-state index >= 15 is 0 Å². The predicted octanol–water partition coefficient (Wildman–Crippen LogP) is 2.64. The van der Waals surface area contributed by atoms with Crippen molar-refractivity contribution in [3.05, 3.63) is 35.9 Å². The lowest BCUT2D eigenvalue weighted by molar-refractivity contribution is -0.193. The molecule has 0 aliphatic rings. The molecule has 8 N–H and O–H groups in total. The Kier molecular flexibility index (Phi) is 18.6. The lowest BCUT2D eigenvalue weighted by Gasteiger charge is -2.04. The summed E-state index contributed by atoms with van der Waals surface area (Å²) in [6, 6.07) is 0. The van der Waals surface area contributed by atoms with Gasteiger partial charge in [-0.1, -0.05) is 0 Å². The van der Waals surface area contributed by atoms with Crippen molar-refractivity contribution in [1.82, 2.24) is 25.3 Å². The van der Waals surface area contributed by atoms with Crippen molar-refractivity contribution in [3.63, 3.8) is 0 Å². The van der Waals surface area contributed by atoms with Crippen LogP contribution < -0.4 is 11.1 Å². The number of nitrogens with zero attached hydrogens (tertiary/aromatic N) is 3. The number of rotatable bonds is 8. The summed E-state index contributed by atoms with van der Waals surface area (Å²) in [4.78, 5) is 56.7. The van der Waals surface area contributed by atoms with Crippen LogP contribution in [0.3, 0.4) is 0 Å². The summed E-state index contributed by atoms with van der Waals surface area (Å²) < 4.78 is 95.2. The molecular formula is C20H24F9N7O7S. The van der Waals surface area contributed by atoms with Crippen LogP contribution in [0.4, 0.5) is 39.5 Å². The first-order valence-corrected chi connectivity index (χ1v) is 12.2. The number of aryl methyl sites for hydroxylation is 2. The Balaban J connectivity index is 0. The number of carboxylic acids is 3. The van der Waals surface area contributed by atoms with Gasteiger partial charge in [-0.3, -0.25) is 15.1 Å². The van der Waals surface area contributed by atoms with E-state index in [4.69, 9.17) is 35.4 Å². The molecular weight excluding hydrogens is 653 g/mol. The van der Waals surface area contributed by atoms with Crippen molar-refractivity contribution in [1.29, 1.82) is 0 Å². The number of guanidine groups is 1. The number of hydrogen-bond acceptors (Lipinski definition) is 8.